The second-order valence-electron chi connectivity index (χ2n) is 6.21. The van der Waals surface area contributed by atoms with E-state index >= 15 is 0 Å². The molecular weight excluding hydrogens is 254 g/mol. The molecule has 0 amide bonds. The first-order chi connectivity index (χ1) is 10.3. The van der Waals surface area contributed by atoms with Gasteiger partial charge in [0.25, 0.3) is 0 Å². The zero-order chi connectivity index (χ0) is 15.6. The highest BCUT2D eigenvalue weighted by molar-refractivity contribution is 4.92. The Morgan fingerprint density at radius 1 is 0.667 bits per heavy atom. The van der Waals surface area contributed by atoms with Crippen LogP contribution in [0.25, 0.3) is 0 Å². The summed E-state index contributed by atoms with van der Waals surface area (Å²) in [6, 6.07) is 0.448. The molecule has 0 aliphatic heterocycles. The molecule has 0 saturated carbocycles. The topological polar surface area (TPSA) is 26.0 Å². The molecule has 0 spiro atoms. The van der Waals surface area contributed by atoms with E-state index in [1.807, 2.05) is 0 Å². The second-order valence-corrected chi connectivity index (χ2v) is 6.21. The van der Waals surface area contributed by atoms with Crippen LogP contribution >= 0.6 is 0 Å². The first-order valence-corrected chi connectivity index (χ1v) is 9.36. The number of nitrogens with two attached hydrogens (primary N) is 1. The molecule has 0 aromatic rings. The van der Waals surface area contributed by atoms with E-state index < -0.39 is 0 Å². The number of unbranched alkanes of at least 4 members (excludes halogenated alkanes) is 7. The van der Waals surface area contributed by atoms with Gasteiger partial charge in [-0.3, -0.25) is 0 Å². The van der Waals surface area contributed by atoms with Crippen LogP contribution in [0.5, 0.6) is 0 Å². The third-order valence-corrected chi connectivity index (χ3v) is 3.94. The first kappa shape index (κ1) is 20.4. The average Bonchev–Trinajstić information content (AvgIpc) is 2.48. The van der Waals surface area contributed by atoms with Crippen molar-refractivity contribution in [3.63, 3.8) is 0 Å². The largest absolute Gasteiger partial charge is 0.328 e. The molecule has 1 heteroatoms. The molecule has 0 saturated heterocycles. The molecule has 124 valence electrons. The molecule has 1 nitrogen and oxygen atoms in total. The maximum Gasteiger partial charge on any atom is 0.00387 e. The fraction of sp³-hybridized carbons (Fsp3) is 0.800. The molecule has 0 aromatic heterocycles. The Morgan fingerprint density at radius 3 is 1.95 bits per heavy atom. The molecule has 0 bridgehead atoms. The summed E-state index contributed by atoms with van der Waals surface area (Å²) in [7, 11) is 0. The van der Waals surface area contributed by atoms with Crippen LogP contribution in [-0.2, 0) is 0 Å². The van der Waals surface area contributed by atoms with Gasteiger partial charge in [0.05, 0.1) is 0 Å². The Bertz CT molecular complexity index is 242. The zero-order valence-corrected chi connectivity index (χ0v) is 14.7. The molecule has 0 fully saturated rings. The van der Waals surface area contributed by atoms with E-state index in [4.69, 9.17) is 5.73 Å². The highest BCUT2D eigenvalue weighted by atomic mass is 14.6. The fourth-order valence-electron chi connectivity index (χ4n) is 2.54. The van der Waals surface area contributed by atoms with Gasteiger partial charge in [-0.25, -0.2) is 0 Å². The maximum atomic E-state index is 6.02. The Balaban J connectivity index is 3.19. The lowest BCUT2D eigenvalue weighted by atomic mass is 10.0. The second kappa shape index (κ2) is 17.5. The van der Waals surface area contributed by atoms with Gasteiger partial charge in [0.15, 0.2) is 0 Å². The van der Waals surface area contributed by atoms with Crippen LogP contribution < -0.4 is 5.73 Å². The fourth-order valence-corrected chi connectivity index (χ4v) is 2.54. The Morgan fingerprint density at radius 2 is 1.29 bits per heavy atom. The van der Waals surface area contributed by atoms with Crippen molar-refractivity contribution in [3.05, 3.63) is 24.3 Å². The van der Waals surface area contributed by atoms with E-state index in [-0.39, 0.29) is 0 Å². The standard InChI is InChI=1S/C20H39N/c1-3-5-6-7-8-9-10-11-12-13-14-15-16-17-19-20(21)18-4-2/h7-8,10-11,20H,3-6,9,12-19,21H2,1-2H3. The van der Waals surface area contributed by atoms with Crippen LogP contribution in [0.3, 0.4) is 0 Å². The smallest absolute Gasteiger partial charge is 0.00387 e. The van der Waals surface area contributed by atoms with Gasteiger partial charge in [-0.1, -0.05) is 83.1 Å². The van der Waals surface area contributed by atoms with Crippen LogP contribution in [0.15, 0.2) is 24.3 Å². The van der Waals surface area contributed by atoms with E-state index in [1.165, 1.54) is 77.0 Å². The molecule has 2 N–H and O–H groups in total. The third-order valence-electron chi connectivity index (χ3n) is 3.94. The summed E-state index contributed by atoms with van der Waals surface area (Å²) >= 11 is 0. The summed E-state index contributed by atoms with van der Waals surface area (Å²) in [6.45, 7) is 4.46. The van der Waals surface area contributed by atoms with Crippen molar-refractivity contribution in [2.24, 2.45) is 5.73 Å². The van der Waals surface area contributed by atoms with Crippen molar-refractivity contribution < 1.29 is 0 Å². The monoisotopic (exact) mass is 293 g/mol. The van der Waals surface area contributed by atoms with Gasteiger partial charge in [0.2, 0.25) is 0 Å². The molecule has 0 rings (SSSR count). The Labute approximate surface area is 134 Å². The predicted octanol–water partition coefficient (Wildman–Crippen LogP) is 6.54. The quantitative estimate of drug-likeness (QED) is 0.269. The molecule has 0 heterocycles. The maximum absolute atomic E-state index is 6.02. The van der Waals surface area contributed by atoms with Crippen LogP contribution in [0, 0.1) is 0 Å². The molecular formula is C20H39N. The first-order valence-electron chi connectivity index (χ1n) is 9.36. The zero-order valence-electron chi connectivity index (χ0n) is 14.7. The average molecular weight is 294 g/mol. The van der Waals surface area contributed by atoms with Crippen LogP contribution in [0.1, 0.15) is 97.3 Å². The number of rotatable bonds is 15. The van der Waals surface area contributed by atoms with Gasteiger partial charge >= 0.3 is 0 Å². The molecule has 21 heavy (non-hydrogen) atoms. The van der Waals surface area contributed by atoms with Gasteiger partial charge in [-0.15, -0.1) is 0 Å². The highest BCUT2D eigenvalue weighted by Gasteiger charge is 1.99. The van der Waals surface area contributed by atoms with E-state index in [0.29, 0.717) is 6.04 Å². The Hall–Kier alpha value is -0.560. The van der Waals surface area contributed by atoms with Gasteiger partial charge in [0.1, 0.15) is 0 Å². The van der Waals surface area contributed by atoms with E-state index in [1.54, 1.807) is 0 Å². The Kier molecular flexibility index (Phi) is 17.0. The van der Waals surface area contributed by atoms with Gasteiger partial charge < -0.3 is 5.73 Å². The molecule has 0 aliphatic rings. The van der Waals surface area contributed by atoms with Crippen molar-refractivity contribution in [1.82, 2.24) is 0 Å². The molecule has 1 unspecified atom stereocenters. The van der Waals surface area contributed by atoms with Crippen LogP contribution in [-0.4, -0.2) is 6.04 Å². The lowest BCUT2D eigenvalue weighted by molar-refractivity contribution is 0.510. The van der Waals surface area contributed by atoms with Crippen LogP contribution in [0.2, 0.25) is 0 Å². The summed E-state index contributed by atoms with van der Waals surface area (Å²) < 4.78 is 0. The lowest BCUT2D eigenvalue weighted by Gasteiger charge is -2.09. The molecule has 0 aromatic carbocycles. The van der Waals surface area contributed by atoms with E-state index in [9.17, 15) is 0 Å². The van der Waals surface area contributed by atoms with Crippen molar-refractivity contribution in [1.29, 1.82) is 0 Å². The van der Waals surface area contributed by atoms with Crippen molar-refractivity contribution in [2.75, 3.05) is 0 Å². The molecule has 0 radical (unpaired) electrons. The minimum absolute atomic E-state index is 0.448. The predicted molar refractivity (Wildman–Crippen MR) is 97.6 cm³/mol. The summed E-state index contributed by atoms with van der Waals surface area (Å²) in [5.74, 6) is 0. The highest BCUT2D eigenvalue weighted by Crippen LogP contribution is 2.10. The third kappa shape index (κ3) is 17.4. The minimum Gasteiger partial charge on any atom is -0.328 e. The number of hydrogen-bond donors (Lipinski definition) is 1. The lowest BCUT2D eigenvalue weighted by Crippen LogP contribution is -2.18. The summed E-state index contributed by atoms with van der Waals surface area (Å²) in [4.78, 5) is 0. The van der Waals surface area contributed by atoms with Gasteiger partial charge in [0, 0.05) is 6.04 Å². The van der Waals surface area contributed by atoms with Crippen molar-refractivity contribution >= 4 is 0 Å². The van der Waals surface area contributed by atoms with Crippen molar-refractivity contribution in [3.8, 4) is 0 Å². The molecule has 1 atom stereocenters. The SMILES string of the molecule is CCCCC=CCC=CCCCCCCCC(N)CCC. The van der Waals surface area contributed by atoms with E-state index in [0.717, 1.165) is 6.42 Å². The summed E-state index contributed by atoms with van der Waals surface area (Å²) in [5.41, 5.74) is 6.02. The van der Waals surface area contributed by atoms with E-state index in [2.05, 4.69) is 38.2 Å². The molecule has 0 aliphatic carbocycles. The van der Waals surface area contributed by atoms with Crippen LogP contribution in [0.4, 0.5) is 0 Å². The van der Waals surface area contributed by atoms with Crippen molar-refractivity contribution in [2.45, 2.75) is 103 Å². The van der Waals surface area contributed by atoms with Gasteiger partial charge in [-0.2, -0.15) is 0 Å². The minimum atomic E-state index is 0.448. The number of allylic oxidation sites excluding steroid dienone is 4. The normalized spacial score (nSPS) is 13.5. The summed E-state index contributed by atoms with van der Waals surface area (Å²) in [5, 5.41) is 0. The van der Waals surface area contributed by atoms with Gasteiger partial charge in [-0.05, 0) is 38.5 Å². The summed E-state index contributed by atoms with van der Waals surface area (Å²) in [6.07, 6.45) is 25.9. The number of hydrogen-bond acceptors (Lipinski definition) is 1.